The second kappa shape index (κ2) is 6.77. The molecule has 5 heteroatoms. The van der Waals surface area contributed by atoms with Crippen molar-refractivity contribution >= 4 is 28.2 Å². The highest BCUT2D eigenvalue weighted by Crippen LogP contribution is 2.37. The quantitative estimate of drug-likeness (QED) is 0.828. The van der Waals surface area contributed by atoms with Crippen LogP contribution in [0.5, 0.6) is 0 Å². The van der Waals surface area contributed by atoms with Crippen LogP contribution in [0.1, 0.15) is 61.5 Å². The number of nitrogens with two attached hydrogens (primary N) is 1. The number of benzene rings is 1. The molecule has 1 aromatic heterocycles. The van der Waals surface area contributed by atoms with Gasteiger partial charge >= 0.3 is 0 Å². The van der Waals surface area contributed by atoms with Crippen molar-refractivity contribution in [1.82, 2.24) is 0 Å². The molecule has 1 aromatic carbocycles. The molecule has 4 nitrogen and oxygen atoms in total. The van der Waals surface area contributed by atoms with Crippen LogP contribution in [0.4, 0.5) is 5.00 Å². The van der Waals surface area contributed by atoms with Crippen molar-refractivity contribution in [2.75, 3.05) is 5.32 Å². The summed E-state index contributed by atoms with van der Waals surface area (Å²) in [6.45, 7) is 3.87. The lowest BCUT2D eigenvalue weighted by Crippen LogP contribution is -2.18. The largest absolute Gasteiger partial charge is 0.365 e. The van der Waals surface area contributed by atoms with E-state index in [4.69, 9.17) is 5.73 Å². The van der Waals surface area contributed by atoms with E-state index in [0.717, 1.165) is 42.4 Å². The molecule has 3 N–H and O–H groups in total. The van der Waals surface area contributed by atoms with Crippen LogP contribution in [0.3, 0.4) is 0 Å². The molecular formula is C19H22N2O2S. The smallest absolute Gasteiger partial charge is 0.256 e. The van der Waals surface area contributed by atoms with Crippen molar-refractivity contribution in [3.63, 3.8) is 0 Å². The predicted octanol–water partition coefficient (Wildman–Crippen LogP) is 3.99. The highest BCUT2D eigenvalue weighted by atomic mass is 32.1. The highest BCUT2D eigenvalue weighted by molar-refractivity contribution is 7.17. The van der Waals surface area contributed by atoms with E-state index in [2.05, 4.69) is 5.32 Å². The average molecular weight is 342 g/mol. The van der Waals surface area contributed by atoms with E-state index < -0.39 is 5.91 Å². The zero-order valence-corrected chi connectivity index (χ0v) is 14.9. The molecule has 0 atom stereocenters. The third-order valence-corrected chi connectivity index (χ3v) is 5.74. The summed E-state index contributed by atoms with van der Waals surface area (Å²) in [5, 5.41) is 3.53. The van der Waals surface area contributed by atoms with Gasteiger partial charge in [-0.2, -0.15) is 0 Å². The van der Waals surface area contributed by atoms with Gasteiger partial charge in [-0.3, -0.25) is 9.59 Å². The number of amides is 2. The van der Waals surface area contributed by atoms with E-state index >= 15 is 0 Å². The van der Waals surface area contributed by atoms with Gasteiger partial charge in [0.25, 0.3) is 11.8 Å². The second-order valence-electron chi connectivity index (χ2n) is 6.41. The van der Waals surface area contributed by atoms with Crippen molar-refractivity contribution in [3.8, 4) is 0 Å². The van der Waals surface area contributed by atoms with Crippen molar-refractivity contribution in [2.24, 2.45) is 5.73 Å². The minimum Gasteiger partial charge on any atom is -0.365 e. The molecular weight excluding hydrogens is 320 g/mol. The SMILES string of the molecule is Cc1ccc(C)c(C(=O)Nc2sc3c(c2C(N)=O)CCCCC3)c1. The number of primary amides is 1. The maximum atomic E-state index is 12.7. The third-order valence-electron chi connectivity index (χ3n) is 4.53. The minimum absolute atomic E-state index is 0.185. The van der Waals surface area contributed by atoms with Gasteiger partial charge in [-0.15, -0.1) is 11.3 Å². The van der Waals surface area contributed by atoms with E-state index in [1.54, 1.807) is 0 Å². The Balaban J connectivity index is 1.96. The molecule has 0 fully saturated rings. The van der Waals surface area contributed by atoms with Gasteiger partial charge in [0.2, 0.25) is 0 Å². The van der Waals surface area contributed by atoms with Gasteiger partial charge in [-0.1, -0.05) is 24.1 Å². The average Bonchev–Trinajstić information content (AvgIpc) is 2.71. The molecule has 0 saturated carbocycles. The van der Waals surface area contributed by atoms with Crippen LogP contribution in [-0.2, 0) is 12.8 Å². The lowest BCUT2D eigenvalue weighted by atomic mass is 10.0. The fraction of sp³-hybridized carbons (Fsp3) is 0.368. The summed E-state index contributed by atoms with van der Waals surface area (Å²) >= 11 is 1.50. The number of anilines is 1. The van der Waals surface area contributed by atoms with E-state index in [0.29, 0.717) is 16.1 Å². The normalized spacial score (nSPS) is 13.9. The molecule has 2 aromatic rings. The van der Waals surface area contributed by atoms with Gasteiger partial charge in [0.05, 0.1) is 5.56 Å². The van der Waals surface area contributed by atoms with E-state index in [1.165, 1.54) is 22.6 Å². The van der Waals surface area contributed by atoms with Crippen LogP contribution in [-0.4, -0.2) is 11.8 Å². The fourth-order valence-corrected chi connectivity index (χ4v) is 4.53. The first-order chi connectivity index (χ1) is 11.5. The molecule has 24 heavy (non-hydrogen) atoms. The minimum atomic E-state index is -0.453. The Morgan fingerprint density at radius 2 is 1.88 bits per heavy atom. The lowest BCUT2D eigenvalue weighted by molar-refractivity contribution is 0.100. The summed E-state index contributed by atoms with van der Waals surface area (Å²) in [4.78, 5) is 25.9. The summed E-state index contributed by atoms with van der Waals surface area (Å²) in [6.07, 6.45) is 5.18. The van der Waals surface area contributed by atoms with Crippen molar-refractivity contribution in [1.29, 1.82) is 0 Å². The first-order valence-electron chi connectivity index (χ1n) is 8.30. The first kappa shape index (κ1) is 16.7. The van der Waals surface area contributed by atoms with Gasteiger partial charge in [-0.25, -0.2) is 0 Å². The van der Waals surface area contributed by atoms with Crippen LogP contribution < -0.4 is 11.1 Å². The number of thiophene rings is 1. The molecule has 0 bridgehead atoms. The zero-order valence-electron chi connectivity index (χ0n) is 14.1. The van der Waals surface area contributed by atoms with Gasteiger partial charge in [0, 0.05) is 10.4 Å². The predicted molar refractivity (Wildman–Crippen MR) is 98.0 cm³/mol. The lowest BCUT2D eigenvalue weighted by Gasteiger charge is -2.09. The van der Waals surface area contributed by atoms with Gasteiger partial charge in [0.1, 0.15) is 5.00 Å². The molecule has 1 heterocycles. The number of nitrogens with one attached hydrogen (secondary N) is 1. The molecule has 0 aliphatic heterocycles. The Morgan fingerprint density at radius 1 is 1.12 bits per heavy atom. The molecule has 0 saturated heterocycles. The molecule has 1 aliphatic rings. The maximum absolute atomic E-state index is 12.7. The number of carbonyl (C=O) groups excluding carboxylic acids is 2. The molecule has 2 amide bonds. The van der Waals surface area contributed by atoms with E-state index in [-0.39, 0.29) is 5.91 Å². The summed E-state index contributed by atoms with van der Waals surface area (Å²) in [5.41, 5.74) is 9.75. The topological polar surface area (TPSA) is 72.2 Å². The van der Waals surface area contributed by atoms with Crippen LogP contribution in [0, 0.1) is 13.8 Å². The molecule has 1 aliphatic carbocycles. The Bertz CT molecular complexity index is 808. The van der Waals surface area contributed by atoms with Crippen LogP contribution in [0.2, 0.25) is 0 Å². The Kier molecular flexibility index (Phi) is 4.71. The highest BCUT2D eigenvalue weighted by Gasteiger charge is 2.24. The molecule has 0 radical (unpaired) electrons. The Hall–Kier alpha value is -2.14. The zero-order chi connectivity index (χ0) is 17.3. The van der Waals surface area contributed by atoms with Crippen molar-refractivity contribution in [2.45, 2.75) is 46.0 Å². The van der Waals surface area contributed by atoms with Crippen LogP contribution in [0.25, 0.3) is 0 Å². The Morgan fingerprint density at radius 3 is 2.62 bits per heavy atom. The second-order valence-corrected chi connectivity index (χ2v) is 7.51. The summed E-state index contributed by atoms with van der Waals surface area (Å²) < 4.78 is 0. The number of hydrogen-bond donors (Lipinski definition) is 2. The number of aryl methyl sites for hydroxylation is 3. The summed E-state index contributed by atoms with van der Waals surface area (Å²) in [6, 6.07) is 5.78. The standard InChI is InChI=1S/C19H22N2O2S/c1-11-8-9-12(2)14(10-11)18(23)21-19-16(17(20)22)13-6-4-3-5-7-15(13)24-19/h8-10H,3-7H2,1-2H3,(H2,20,22)(H,21,23). The number of fused-ring (bicyclic) bond motifs is 1. The van der Waals surface area contributed by atoms with Crippen LogP contribution in [0.15, 0.2) is 18.2 Å². The number of hydrogen-bond acceptors (Lipinski definition) is 3. The monoisotopic (exact) mass is 342 g/mol. The first-order valence-corrected chi connectivity index (χ1v) is 9.12. The third kappa shape index (κ3) is 3.22. The van der Waals surface area contributed by atoms with Crippen molar-refractivity contribution in [3.05, 3.63) is 50.9 Å². The summed E-state index contributed by atoms with van der Waals surface area (Å²) in [7, 11) is 0. The molecule has 3 rings (SSSR count). The van der Waals surface area contributed by atoms with Gasteiger partial charge in [0.15, 0.2) is 0 Å². The summed E-state index contributed by atoms with van der Waals surface area (Å²) in [5.74, 6) is -0.638. The Labute approximate surface area is 146 Å². The fourth-order valence-electron chi connectivity index (χ4n) is 3.24. The van der Waals surface area contributed by atoms with Gasteiger partial charge in [-0.05, 0) is 56.7 Å². The van der Waals surface area contributed by atoms with Gasteiger partial charge < -0.3 is 11.1 Å². The number of rotatable bonds is 3. The van der Waals surface area contributed by atoms with Crippen molar-refractivity contribution < 1.29 is 9.59 Å². The van der Waals surface area contributed by atoms with E-state index in [1.807, 2.05) is 32.0 Å². The maximum Gasteiger partial charge on any atom is 0.256 e. The molecule has 126 valence electrons. The van der Waals surface area contributed by atoms with Crippen LogP contribution >= 0.6 is 11.3 Å². The van der Waals surface area contributed by atoms with E-state index in [9.17, 15) is 9.59 Å². The number of carbonyl (C=O) groups is 2. The molecule has 0 spiro atoms. The molecule has 0 unspecified atom stereocenters.